The number of piperazine rings is 1. The standard InChI is InChI=1S/C15H29N3O/c1-3-15(6-4-5-7-15)12-17-14(19)13(2)18-10-8-16-9-11-18/h13,16H,3-12H2,1-2H3,(H,17,19). The van der Waals surface area contributed by atoms with Crippen LogP contribution in [0.4, 0.5) is 0 Å². The van der Waals surface area contributed by atoms with Gasteiger partial charge in [-0.1, -0.05) is 19.8 Å². The molecule has 0 aromatic rings. The van der Waals surface area contributed by atoms with Gasteiger partial charge < -0.3 is 10.6 Å². The zero-order valence-corrected chi connectivity index (χ0v) is 12.5. The highest BCUT2D eigenvalue weighted by atomic mass is 16.2. The van der Waals surface area contributed by atoms with Crippen molar-refractivity contribution in [2.45, 2.75) is 52.0 Å². The fraction of sp³-hybridized carbons (Fsp3) is 0.933. The van der Waals surface area contributed by atoms with Gasteiger partial charge in [0.25, 0.3) is 0 Å². The van der Waals surface area contributed by atoms with E-state index in [1.807, 2.05) is 6.92 Å². The molecular weight excluding hydrogens is 238 g/mol. The lowest BCUT2D eigenvalue weighted by Crippen LogP contribution is -2.53. The maximum absolute atomic E-state index is 12.3. The highest BCUT2D eigenvalue weighted by Crippen LogP contribution is 2.40. The largest absolute Gasteiger partial charge is 0.354 e. The molecule has 1 aliphatic carbocycles. The fourth-order valence-electron chi connectivity index (χ4n) is 3.44. The number of carbonyl (C=O) groups excluding carboxylic acids is 1. The molecule has 0 radical (unpaired) electrons. The Morgan fingerprint density at radius 3 is 2.53 bits per heavy atom. The lowest BCUT2D eigenvalue weighted by Gasteiger charge is -2.33. The summed E-state index contributed by atoms with van der Waals surface area (Å²) in [5.41, 5.74) is 0.388. The van der Waals surface area contributed by atoms with E-state index < -0.39 is 0 Å². The number of carbonyl (C=O) groups is 1. The fourth-order valence-corrected chi connectivity index (χ4v) is 3.44. The van der Waals surface area contributed by atoms with Crippen LogP contribution < -0.4 is 10.6 Å². The van der Waals surface area contributed by atoms with Gasteiger partial charge >= 0.3 is 0 Å². The van der Waals surface area contributed by atoms with Gasteiger partial charge in [-0.15, -0.1) is 0 Å². The molecule has 1 unspecified atom stereocenters. The van der Waals surface area contributed by atoms with E-state index in [4.69, 9.17) is 0 Å². The van der Waals surface area contributed by atoms with E-state index in [9.17, 15) is 4.79 Å². The van der Waals surface area contributed by atoms with Crippen molar-refractivity contribution in [3.05, 3.63) is 0 Å². The van der Waals surface area contributed by atoms with Crippen LogP contribution in [0.1, 0.15) is 46.0 Å². The third-order valence-corrected chi connectivity index (χ3v) is 5.13. The molecule has 1 atom stereocenters. The molecule has 1 saturated carbocycles. The minimum absolute atomic E-state index is 0.0115. The van der Waals surface area contributed by atoms with Crippen LogP contribution in [0.5, 0.6) is 0 Å². The predicted octanol–water partition coefficient (Wildman–Crippen LogP) is 1.37. The molecule has 19 heavy (non-hydrogen) atoms. The smallest absolute Gasteiger partial charge is 0.237 e. The number of nitrogens with zero attached hydrogens (tertiary/aromatic N) is 1. The molecular formula is C15H29N3O. The van der Waals surface area contributed by atoms with Gasteiger partial charge in [0.05, 0.1) is 6.04 Å². The summed E-state index contributed by atoms with van der Waals surface area (Å²) < 4.78 is 0. The number of hydrogen-bond acceptors (Lipinski definition) is 3. The molecule has 0 aromatic heterocycles. The van der Waals surface area contributed by atoms with Crippen molar-refractivity contribution < 1.29 is 4.79 Å². The lowest BCUT2D eigenvalue weighted by atomic mass is 9.83. The van der Waals surface area contributed by atoms with Gasteiger partial charge in [-0.25, -0.2) is 0 Å². The van der Waals surface area contributed by atoms with Gasteiger partial charge in [0.2, 0.25) is 5.91 Å². The topological polar surface area (TPSA) is 44.4 Å². The molecule has 2 rings (SSSR count). The molecule has 1 heterocycles. The molecule has 110 valence electrons. The first-order valence-corrected chi connectivity index (χ1v) is 7.89. The molecule has 2 N–H and O–H groups in total. The van der Waals surface area contributed by atoms with Gasteiger partial charge in [0, 0.05) is 32.7 Å². The van der Waals surface area contributed by atoms with Gasteiger partial charge in [-0.05, 0) is 31.6 Å². The van der Waals surface area contributed by atoms with Crippen molar-refractivity contribution in [2.24, 2.45) is 5.41 Å². The van der Waals surface area contributed by atoms with E-state index in [1.54, 1.807) is 0 Å². The first-order chi connectivity index (χ1) is 9.17. The Hall–Kier alpha value is -0.610. The Labute approximate surface area is 117 Å². The van der Waals surface area contributed by atoms with Crippen molar-refractivity contribution in [1.29, 1.82) is 0 Å². The molecule has 1 amide bonds. The van der Waals surface area contributed by atoms with Crippen molar-refractivity contribution in [2.75, 3.05) is 32.7 Å². The SMILES string of the molecule is CCC1(CNC(=O)C(C)N2CCNCC2)CCCC1. The summed E-state index contributed by atoms with van der Waals surface area (Å²) in [7, 11) is 0. The zero-order chi connectivity index (χ0) is 13.7. The van der Waals surface area contributed by atoms with Crippen LogP contribution in [-0.2, 0) is 4.79 Å². The quantitative estimate of drug-likeness (QED) is 0.791. The van der Waals surface area contributed by atoms with Crippen LogP contribution in [0.25, 0.3) is 0 Å². The van der Waals surface area contributed by atoms with Crippen LogP contribution in [0.2, 0.25) is 0 Å². The van der Waals surface area contributed by atoms with Crippen LogP contribution in [-0.4, -0.2) is 49.6 Å². The minimum atomic E-state index is 0.0115. The highest BCUT2D eigenvalue weighted by molar-refractivity contribution is 5.81. The summed E-state index contributed by atoms with van der Waals surface area (Å²) in [6, 6.07) is 0.0115. The summed E-state index contributed by atoms with van der Waals surface area (Å²) in [6.45, 7) is 9.12. The molecule has 2 aliphatic rings. The summed E-state index contributed by atoms with van der Waals surface area (Å²) >= 11 is 0. The van der Waals surface area contributed by atoms with Crippen molar-refractivity contribution in [3.8, 4) is 0 Å². The molecule has 4 nitrogen and oxygen atoms in total. The minimum Gasteiger partial charge on any atom is -0.354 e. The van der Waals surface area contributed by atoms with Crippen molar-refractivity contribution in [1.82, 2.24) is 15.5 Å². The van der Waals surface area contributed by atoms with Gasteiger partial charge in [0.15, 0.2) is 0 Å². The first kappa shape index (κ1) is 14.8. The third-order valence-electron chi connectivity index (χ3n) is 5.13. The lowest BCUT2D eigenvalue weighted by molar-refractivity contribution is -0.126. The van der Waals surface area contributed by atoms with Crippen molar-refractivity contribution >= 4 is 5.91 Å². The monoisotopic (exact) mass is 267 g/mol. The summed E-state index contributed by atoms with van der Waals surface area (Å²) in [4.78, 5) is 14.6. The Balaban J connectivity index is 1.79. The Kier molecular flexibility index (Phi) is 5.22. The van der Waals surface area contributed by atoms with Gasteiger partial charge in [-0.2, -0.15) is 0 Å². The van der Waals surface area contributed by atoms with E-state index in [-0.39, 0.29) is 11.9 Å². The third kappa shape index (κ3) is 3.69. The molecule has 0 aromatic carbocycles. The average molecular weight is 267 g/mol. The molecule has 1 saturated heterocycles. The summed E-state index contributed by atoms with van der Waals surface area (Å²) in [5, 5.41) is 6.54. The van der Waals surface area contributed by atoms with E-state index in [0.29, 0.717) is 5.41 Å². The maximum atomic E-state index is 12.3. The maximum Gasteiger partial charge on any atom is 0.237 e. The molecule has 2 fully saturated rings. The first-order valence-electron chi connectivity index (χ1n) is 7.89. The predicted molar refractivity (Wildman–Crippen MR) is 78.1 cm³/mol. The summed E-state index contributed by atoms with van der Waals surface area (Å²) in [6.07, 6.45) is 6.42. The average Bonchev–Trinajstić information content (AvgIpc) is 2.94. The van der Waals surface area contributed by atoms with Crippen LogP contribution in [0.15, 0.2) is 0 Å². The molecule has 4 heteroatoms. The van der Waals surface area contributed by atoms with Crippen LogP contribution in [0.3, 0.4) is 0 Å². The van der Waals surface area contributed by atoms with E-state index >= 15 is 0 Å². The van der Waals surface area contributed by atoms with E-state index in [1.165, 1.54) is 32.1 Å². The molecule has 1 aliphatic heterocycles. The summed E-state index contributed by atoms with van der Waals surface area (Å²) in [5.74, 6) is 0.210. The Morgan fingerprint density at radius 1 is 1.32 bits per heavy atom. The van der Waals surface area contributed by atoms with Gasteiger partial charge in [0.1, 0.15) is 0 Å². The molecule has 0 spiro atoms. The zero-order valence-electron chi connectivity index (χ0n) is 12.5. The van der Waals surface area contributed by atoms with Crippen LogP contribution >= 0.6 is 0 Å². The Bertz CT molecular complexity index is 294. The normalized spacial score (nSPS) is 25.2. The number of amides is 1. The van der Waals surface area contributed by atoms with E-state index in [2.05, 4.69) is 22.5 Å². The number of hydrogen-bond donors (Lipinski definition) is 2. The second-order valence-corrected chi connectivity index (χ2v) is 6.24. The van der Waals surface area contributed by atoms with E-state index in [0.717, 1.165) is 32.7 Å². The van der Waals surface area contributed by atoms with Gasteiger partial charge in [-0.3, -0.25) is 9.69 Å². The number of rotatable bonds is 5. The highest BCUT2D eigenvalue weighted by Gasteiger charge is 2.33. The van der Waals surface area contributed by atoms with Crippen LogP contribution in [0, 0.1) is 5.41 Å². The molecule has 0 bridgehead atoms. The van der Waals surface area contributed by atoms with Crippen molar-refractivity contribution in [3.63, 3.8) is 0 Å². The second kappa shape index (κ2) is 6.71. The Morgan fingerprint density at radius 2 is 1.95 bits per heavy atom. The second-order valence-electron chi connectivity index (χ2n) is 6.24. The number of nitrogens with one attached hydrogen (secondary N) is 2.